The van der Waals surface area contributed by atoms with Crippen LogP contribution in [0.3, 0.4) is 0 Å². The molecule has 1 aromatic carbocycles. The van der Waals surface area contributed by atoms with E-state index in [1.807, 2.05) is 31.2 Å². The van der Waals surface area contributed by atoms with Crippen molar-refractivity contribution in [3.05, 3.63) is 48.8 Å². The van der Waals surface area contributed by atoms with Crippen LogP contribution in [0.25, 0.3) is 5.69 Å². The molecule has 0 fully saturated rings. The van der Waals surface area contributed by atoms with Crippen LogP contribution >= 0.6 is 11.8 Å². The van der Waals surface area contributed by atoms with Crippen LogP contribution in [0, 0.1) is 6.92 Å². The fourth-order valence-electron chi connectivity index (χ4n) is 2.02. The van der Waals surface area contributed by atoms with Gasteiger partial charge in [0, 0.05) is 5.69 Å². The lowest BCUT2D eigenvalue weighted by Gasteiger charge is -2.14. The highest BCUT2D eigenvalue weighted by molar-refractivity contribution is 7.99. The number of carbonyl (C=O) groups excluding carboxylic acids is 1. The summed E-state index contributed by atoms with van der Waals surface area (Å²) in [6, 6.07) is 6.69. The highest BCUT2D eigenvalue weighted by atomic mass is 32.2. The van der Waals surface area contributed by atoms with E-state index in [0.29, 0.717) is 5.16 Å². The Morgan fingerprint density at radius 1 is 1.42 bits per heavy atom. The van der Waals surface area contributed by atoms with Gasteiger partial charge in [0.25, 0.3) is 0 Å². The van der Waals surface area contributed by atoms with E-state index in [9.17, 15) is 9.59 Å². The number of rotatable bonds is 10. The van der Waals surface area contributed by atoms with Gasteiger partial charge in [-0.3, -0.25) is 9.36 Å². The van der Waals surface area contributed by atoms with E-state index in [2.05, 4.69) is 22.1 Å². The summed E-state index contributed by atoms with van der Waals surface area (Å²) < 4.78 is 6.86. The number of aryl methyl sites for hydroxylation is 1. The lowest BCUT2D eigenvalue weighted by atomic mass is 10.2. The van der Waals surface area contributed by atoms with Gasteiger partial charge < -0.3 is 15.2 Å². The molecule has 9 heteroatoms. The van der Waals surface area contributed by atoms with Crippen molar-refractivity contribution in [2.45, 2.75) is 18.1 Å². The number of hydrogen-bond donors (Lipinski definition) is 2. The summed E-state index contributed by atoms with van der Waals surface area (Å²) >= 11 is 1.17. The number of carboxylic acids is 1. The van der Waals surface area contributed by atoms with E-state index in [4.69, 9.17) is 9.84 Å². The molecule has 0 aliphatic rings. The van der Waals surface area contributed by atoms with Gasteiger partial charge in [-0.1, -0.05) is 35.5 Å². The summed E-state index contributed by atoms with van der Waals surface area (Å²) in [5, 5.41) is 20.0. The Labute approximate surface area is 155 Å². The zero-order chi connectivity index (χ0) is 18.9. The number of ether oxygens (including phenoxy) is 1. The molecular weight excluding hydrogens is 356 g/mol. The van der Waals surface area contributed by atoms with Gasteiger partial charge >= 0.3 is 5.97 Å². The minimum absolute atomic E-state index is 0.00972. The number of nitrogens with zero attached hydrogens (tertiary/aromatic N) is 3. The van der Waals surface area contributed by atoms with Gasteiger partial charge in [0.05, 0.1) is 19.0 Å². The van der Waals surface area contributed by atoms with Gasteiger partial charge in [-0.2, -0.15) is 0 Å². The molecule has 2 rings (SSSR count). The Hall–Kier alpha value is -2.65. The fourth-order valence-corrected chi connectivity index (χ4v) is 2.76. The molecular formula is C17H20N4O4S. The molecule has 0 saturated carbocycles. The molecule has 26 heavy (non-hydrogen) atoms. The summed E-state index contributed by atoms with van der Waals surface area (Å²) in [7, 11) is 0. The maximum Gasteiger partial charge on any atom is 0.328 e. The van der Waals surface area contributed by atoms with Crippen molar-refractivity contribution >= 4 is 23.6 Å². The third kappa shape index (κ3) is 5.71. The van der Waals surface area contributed by atoms with E-state index < -0.39 is 17.9 Å². The maximum absolute atomic E-state index is 12.0. The summed E-state index contributed by atoms with van der Waals surface area (Å²) in [6.45, 7) is 5.56. The third-order valence-corrected chi connectivity index (χ3v) is 4.26. The molecule has 0 radical (unpaired) electrons. The number of carbonyl (C=O) groups is 2. The van der Waals surface area contributed by atoms with E-state index in [1.165, 1.54) is 17.8 Å². The number of nitrogens with one attached hydrogen (secondary N) is 1. The Morgan fingerprint density at radius 2 is 2.15 bits per heavy atom. The number of carboxylic acid groups (broad SMARTS) is 1. The lowest BCUT2D eigenvalue weighted by molar-refractivity contribution is -0.143. The summed E-state index contributed by atoms with van der Waals surface area (Å²) in [6.07, 6.45) is 3.07. The maximum atomic E-state index is 12.0. The minimum Gasteiger partial charge on any atom is -0.480 e. The van der Waals surface area contributed by atoms with Crippen LogP contribution in [0.15, 0.2) is 48.4 Å². The average Bonchev–Trinajstić information content (AvgIpc) is 3.08. The molecule has 1 heterocycles. The van der Waals surface area contributed by atoms with Crippen molar-refractivity contribution < 1.29 is 19.4 Å². The smallest absolute Gasteiger partial charge is 0.328 e. The molecule has 0 spiro atoms. The number of thioether (sulfide) groups is 1. The van der Waals surface area contributed by atoms with Gasteiger partial charge in [-0.25, -0.2) is 4.79 Å². The SMILES string of the molecule is C=CCOCC(NC(=O)CSc1nncn1-c1ccc(C)cc1)C(=O)O. The highest BCUT2D eigenvalue weighted by Gasteiger charge is 2.20. The quantitative estimate of drug-likeness (QED) is 0.367. The zero-order valence-corrected chi connectivity index (χ0v) is 15.1. The van der Waals surface area contributed by atoms with Crippen molar-refractivity contribution in [1.29, 1.82) is 0 Å². The van der Waals surface area contributed by atoms with Gasteiger partial charge in [-0.05, 0) is 19.1 Å². The Balaban J connectivity index is 1.93. The first-order valence-electron chi connectivity index (χ1n) is 7.82. The molecule has 0 aliphatic heterocycles. The molecule has 2 N–H and O–H groups in total. The molecule has 0 bridgehead atoms. The lowest BCUT2D eigenvalue weighted by Crippen LogP contribution is -2.44. The molecule has 138 valence electrons. The monoisotopic (exact) mass is 376 g/mol. The Kier molecular flexibility index (Phi) is 7.37. The van der Waals surface area contributed by atoms with E-state index >= 15 is 0 Å². The first kappa shape index (κ1) is 19.7. The zero-order valence-electron chi connectivity index (χ0n) is 14.3. The van der Waals surface area contributed by atoms with Crippen molar-refractivity contribution in [2.75, 3.05) is 19.0 Å². The fraction of sp³-hybridized carbons (Fsp3) is 0.294. The van der Waals surface area contributed by atoms with E-state index in [0.717, 1.165) is 11.3 Å². The van der Waals surface area contributed by atoms with Crippen molar-refractivity contribution in [1.82, 2.24) is 20.1 Å². The third-order valence-electron chi connectivity index (χ3n) is 3.31. The second-order valence-electron chi connectivity index (χ2n) is 5.39. The number of amides is 1. The average molecular weight is 376 g/mol. The first-order chi connectivity index (χ1) is 12.5. The second-order valence-corrected chi connectivity index (χ2v) is 6.33. The predicted molar refractivity (Wildman–Crippen MR) is 97.4 cm³/mol. The molecule has 1 aromatic heterocycles. The number of aliphatic carboxylic acids is 1. The standard InChI is InChI=1S/C17H20N4O4S/c1-3-8-25-9-14(16(23)24)19-15(22)10-26-17-20-18-11-21(17)13-6-4-12(2)5-7-13/h3-7,11,14H,1,8-10H2,2H3,(H,19,22)(H,23,24). The van der Waals surface area contributed by atoms with Crippen LogP contribution in [0.2, 0.25) is 0 Å². The molecule has 1 unspecified atom stereocenters. The molecule has 1 amide bonds. The largest absolute Gasteiger partial charge is 0.480 e. The van der Waals surface area contributed by atoms with E-state index in [1.54, 1.807) is 10.9 Å². The molecule has 8 nitrogen and oxygen atoms in total. The number of hydrogen-bond acceptors (Lipinski definition) is 6. The Bertz CT molecular complexity index is 760. The summed E-state index contributed by atoms with van der Waals surface area (Å²) in [5.41, 5.74) is 2.01. The minimum atomic E-state index is -1.16. The predicted octanol–water partition coefficient (Wildman–Crippen LogP) is 1.44. The number of benzene rings is 1. The molecule has 2 aromatic rings. The topological polar surface area (TPSA) is 106 Å². The summed E-state index contributed by atoms with van der Waals surface area (Å²) in [4.78, 5) is 23.2. The van der Waals surface area contributed by atoms with Crippen LogP contribution in [0.1, 0.15) is 5.56 Å². The molecule has 1 atom stereocenters. The van der Waals surface area contributed by atoms with E-state index in [-0.39, 0.29) is 19.0 Å². The van der Waals surface area contributed by atoms with Crippen LogP contribution in [-0.2, 0) is 14.3 Å². The second kappa shape index (κ2) is 9.73. The highest BCUT2D eigenvalue weighted by Crippen LogP contribution is 2.19. The van der Waals surface area contributed by atoms with Crippen LogP contribution in [0.5, 0.6) is 0 Å². The van der Waals surface area contributed by atoms with Gasteiger partial charge in [0.15, 0.2) is 11.2 Å². The first-order valence-corrected chi connectivity index (χ1v) is 8.80. The van der Waals surface area contributed by atoms with Crippen molar-refractivity contribution in [3.8, 4) is 5.69 Å². The van der Waals surface area contributed by atoms with Gasteiger partial charge in [-0.15, -0.1) is 16.8 Å². The van der Waals surface area contributed by atoms with Gasteiger partial charge in [0.1, 0.15) is 6.33 Å². The van der Waals surface area contributed by atoms with Crippen molar-refractivity contribution in [3.63, 3.8) is 0 Å². The van der Waals surface area contributed by atoms with Gasteiger partial charge in [0.2, 0.25) is 5.91 Å². The van der Waals surface area contributed by atoms with Crippen molar-refractivity contribution in [2.24, 2.45) is 0 Å². The van der Waals surface area contributed by atoms with Crippen LogP contribution in [0.4, 0.5) is 0 Å². The normalized spacial score (nSPS) is 11.7. The molecule has 0 saturated heterocycles. The van der Waals surface area contributed by atoms with Crippen LogP contribution < -0.4 is 5.32 Å². The van der Waals surface area contributed by atoms with Crippen LogP contribution in [-0.4, -0.2) is 56.8 Å². The Morgan fingerprint density at radius 3 is 2.81 bits per heavy atom. The summed E-state index contributed by atoms with van der Waals surface area (Å²) in [5.74, 6) is -1.58. The molecule has 0 aliphatic carbocycles. The number of aromatic nitrogens is 3.